The van der Waals surface area contributed by atoms with Crippen LogP contribution < -0.4 is 5.32 Å². The maximum Gasteiger partial charge on any atom is 0.244 e. The van der Waals surface area contributed by atoms with Gasteiger partial charge in [-0.15, -0.1) is 0 Å². The van der Waals surface area contributed by atoms with Crippen LogP contribution in [0, 0.1) is 6.92 Å². The minimum atomic E-state index is -0.106. The van der Waals surface area contributed by atoms with Crippen LogP contribution in [0.4, 0.5) is 5.69 Å². The molecule has 1 amide bonds. The molecule has 0 radical (unpaired) electrons. The van der Waals surface area contributed by atoms with E-state index in [1.807, 2.05) is 76.8 Å². The van der Waals surface area contributed by atoms with Crippen molar-refractivity contribution in [3.8, 4) is 11.3 Å². The van der Waals surface area contributed by atoms with Gasteiger partial charge in [0.05, 0.1) is 23.1 Å². The van der Waals surface area contributed by atoms with E-state index in [1.165, 1.54) is 0 Å². The van der Waals surface area contributed by atoms with Gasteiger partial charge >= 0.3 is 0 Å². The normalized spacial score (nSPS) is 11.2. The monoisotopic (exact) mass is 382 g/mol. The Bertz CT molecular complexity index is 1320. The first-order valence-electron chi connectivity index (χ1n) is 9.28. The molecule has 5 aromatic rings. The van der Waals surface area contributed by atoms with Gasteiger partial charge < -0.3 is 9.88 Å². The van der Waals surface area contributed by atoms with E-state index in [2.05, 4.69) is 20.3 Å². The molecule has 0 unspecified atom stereocenters. The molecular weight excluding hydrogens is 364 g/mol. The molecular formula is C22H18N6O. The van der Waals surface area contributed by atoms with Gasteiger partial charge in [-0.3, -0.25) is 9.20 Å². The topological polar surface area (TPSA) is 77.1 Å². The van der Waals surface area contributed by atoms with Gasteiger partial charge in [-0.25, -0.2) is 15.0 Å². The Morgan fingerprint density at radius 2 is 2.00 bits per heavy atom. The number of rotatable bonds is 4. The number of carbonyl (C=O) groups excluding carboxylic acids is 1. The zero-order valence-corrected chi connectivity index (χ0v) is 15.8. The fourth-order valence-electron chi connectivity index (χ4n) is 3.37. The van der Waals surface area contributed by atoms with Gasteiger partial charge in [-0.1, -0.05) is 24.3 Å². The Labute approximate surface area is 166 Å². The van der Waals surface area contributed by atoms with Crippen LogP contribution >= 0.6 is 0 Å². The molecule has 0 aliphatic rings. The summed E-state index contributed by atoms with van der Waals surface area (Å²) in [5, 5.41) is 3.02. The van der Waals surface area contributed by atoms with Crippen LogP contribution in [-0.2, 0) is 11.3 Å². The minimum Gasteiger partial charge on any atom is -0.324 e. The SMILES string of the molecule is Cc1ccc(-c2cn3cccnc3n2)cc1NC(=O)Cn1cnc2ccccc21. The van der Waals surface area contributed by atoms with Crippen LogP contribution in [0.1, 0.15) is 5.56 Å². The number of nitrogens with zero attached hydrogens (tertiary/aromatic N) is 5. The molecule has 0 fully saturated rings. The molecule has 142 valence electrons. The largest absolute Gasteiger partial charge is 0.324 e. The molecule has 0 atom stereocenters. The number of aryl methyl sites for hydroxylation is 1. The number of imidazole rings is 2. The molecule has 3 heterocycles. The average Bonchev–Trinajstić information content (AvgIpc) is 3.34. The number of aromatic nitrogens is 5. The summed E-state index contributed by atoms with van der Waals surface area (Å²) in [4.78, 5) is 25.8. The highest BCUT2D eigenvalue weighted by Crippen LogP contribution is 2.25. The Morgan fingerprint density at radius 3 is 2.90 bits per heavy atom. The number of nitrogens with one attached hydrogen (secondary N) is 1. The summed E-state index contributed by atoms with van der Waals surface area (Å²) < 4.78 is 3.72. The lowest BCUT2D eigenvalue weighted by Crippen LogP contribution is -2.18. The molecule has 0 aliphatic carbocycles. The number of para-hydroxylation sites is 2. The Morgan fingerprint density at radius 1 is 1.10 bits per heavy atom. The summed E-state index contributed by atoms with van der Waals surface area (Å²) in [6.45, 7) is 2.17. The van der Waals surface area contributed by atoms with E-state index in [4.69, 9.17) is 0 Å². The second-order valence-corrected chi connectivity index (χ2v) is 6.89. The number of benzene rings is 2. The fourth-order valence-corrected chi connectivity index (χ4v) is 3.37. The van der Waals surface area contributed by atoms with Gasteiger partial charge in [0.1, 0.15) is 6.54 Å². The van der Waals surface area contributed by atoms with Gasteiger partial charge in [0, 0.05) is 29.8 Å². The molecule has 7 heteroatoms. The highest BCUT2D eigenvalue weighted by Gasteiger charge is 2.11. The maximum atomic E-state index is 12.7. The van der Waals surface area contributed by atoms with E-state index in [9.17, 15) is 4.79 Å². The molecule has 7 nitrogen and oxygen atoms in total. The summed E-state index contributed by atoms with van der Waals surface area (Å²) in [6, 6.07) is 15.5. The van der Waals surface area contributed by atoms with Crippen molar-refractivity contribution in [2.24, 2.45) is 0 Å². The van der Waals surface area contributed by atoms with Crippen molar-refractivity contribution in [2.45, 2.75) is 13.5 Å². The van der Waals surface area contributed by atoms with Crippen molar-refractivity contribution in [1.29, 1.82) is 0 Å². The lowest BCUT2D eigenvalue weighted by Gasteiger charge is -2.11. The predicted molar refractivity (Wildman–Crippen MR) is 112 cm³/mol. The summed E-state index contributed by atoms with van der Waals surface area (Å²) in [5.74, 6) is 0.533. The number of anilines is 1. The van der Waals surface area contributed by atoms with Crippen LogP contribution in [0.2, 0.25) is 0 Å². The molecule has 3 aromatic heterocycles. The first-order valence-corrected chi connectivity index (χ1v) is 9.28. The number of amides is 1. The summed E-state index contributed by atoms with van der Waals surface area (Å²) >= 11 is 0. The fraction of sp³-hybridized carbons (Fsp3) is 0.0909. The maximum absolute atomic E-state index is 12.7. The third kappa shape index (κ3) is 3.23. The van der Waals surface area contributed by atoms with Crippen LogP contribution in [0.3, 0.4) is 0 Å². The van der Waals surface area contributed by atoms with Gasteiger partial charge in [-0.2, -0.15) is 0 Å². The number of hydrogen-bond donors (Lipinski definition) is 1. The van der Waals surface area contributed by atoms with E-state index in [-0.39, 0.29) is 12.5 Å². The van der Waals surface area contributed by atoms with E-state index in [1.54, 1.807) is 12.5 Å². The highest BCUT2D eigenvalue weighted by atomic mass is 16.1. The van der Waals surface area contributed by atoms with E-state index < -0.39 is 0 Å². The Balaban J connectivity index is 1.40. The van der Waals surface area contributed by atoms with E-state index in [0.717, 1.165) is 33.5 Å². The van der Waals surface area contributed by atoms with E-state index in [0.29, 0.717) is 5.78 Å². The highest BCUT2D eigenvalue weighted by molar-refractivity contribution is 5.93. The van der Waals surface area contributed by atoms with Crippen LogP contribution in [0.25, 0.3) is 28.1 Å². The summed E-state index contributed by atoms with van der Waals surface area (Å²) in [5.41, 5.74) is 5.29. The third-order valence-electron chi connectivity index (χ3n) is 4.88. The average molecular weight is 382 g/mol. The van der Waals surface area contributed by atoms with E-state index >= 15 is 0 Å². The lowest BCUT2D eigenvalue weighted by atomic mass is 10.1. The van der Waals surface area contributed by atoms with Crippen molar-refractivity contribution >= 4 is 28.4 Å². The molecule has 0 saturated heterocycles. The van der Waals surface area contributed by atoms with Crippen molar-refractivity contribution in [3.63, 3.8) is 0 Å². The van der Waals surface area contributed by atoms with Crippen molar-refractivity contribution in [2.75, 3.05) is 5.32 Å². The number of carbonyl (C=O) groups is 1. The molecule has 2 aromatic carbocycles. The molecule has 0 saturated carbocycles. The molecule has 0 spiro atoms. The van der Waals surface area contributed by atoms with Gasteiger partial charge in [0.2, 0.25) is 11.7 Å². The molecule has 29 heavy (non-hydrogen) atoms. The van der Waals surface area contributed by atoms with Crippen molar-refractivity contribution in [1.82, 2.24) is 23.9 Å². The van der Waals surface area contributed by atoms with Crippen molar-refractivity contribution < 1.29 is 4.79 Å². The predicted octanol–water partition coefficient (Wildman–Crippen LogP) is 3.69. The zero-order chi connectivity index (χ0) is 19.8. The minimum absolute atomic E-state index is 0.106. The Kier molecular flexibility index (Phi) is 4.05. The van der Waals surface area contributed by atoms with Gasteiger partial charge in [0.15, 0.2) is 0 Å². The quantitative estimate of drug-likeness (QED) is 0.514. The molecule has 0 bridgehead atoms. The zero-order valence-electron chi connectivity index (χ0n) is 15.8. The summed E-state index contributed by atoms with van der Waals surface area (Å²) in [6.07, 6.45) is 7.24. The van der Waals surface area contributed by atoms with Crippen LogP contribution in [0.15, 0.2) is 73.4 Å². The standard InChI is InChI=1S/C22H18N6O/c1-15-7-8-16(19-12-27-10-4-9-23-22(27)26-19)11-18(15)25-21(29)13-28-14-24-17-5-2-3-6-20(17)28/h2-12,14H,13H2,1H3,(H,25,29). The first-order chi connectivity index (χ1) is 14.2. The molecule has 1 N–H and O–H groups in total. The Hall–Kier alpha value is -4.00. The molecule has 0 aliphatic heterocycles. The molecule has 5 rings (SSSR count). The third-order valence-corrected chi connectivity index (χ3v) is 4.88. The smallest absolute Gasteiger partial charge is 0.244 e. The first kappa shape index (κ1) is 17.1. The number of fused-ring (bicyclic) bond motifs is 2. The van der Waals surface area contributed by atoms with Crippen molar-refractivity contribution in [3.05, 3.63) is 79.0 Å². The van der Waals surface area contributed by atoms with Crippen LogP contribution in [-0.4, -0.2) is 29.8 Å². The second-order valence-electron chi connectivity index (χ2n) is 6.89. The lowest BCUT2D eigenvalue weighted by molar-refractivity contribution is -0.116. The van der Waals surface area contributed by atoms with Crippen LogP contribution in [0.5, 0.6) is 0 Å². The number of hydrogen-bond acceptors (Lipinski definition) is 4. The second kappa shape index (κ2) is 6.87. The van der Waals surface area contributed by atoms with Gasteiger partial charge in [0.25, 0.3) is 0 Å². The van der Waals surface area contributed by atoms with Gasteiger partial charge in [-0.05, 0) is 36.8 Å². The summed E-state index contributed by atoms with van der Waals surface area (Å²) in [7, 11) is 0.